The third kappa shape index (κ3) is 7.76. The maximum absolute atomic E-state index is 11.6. The van der Waals surface area contributed by atoms with Gasteiger partial charge in [-0.3, -0.25) is 4.79 Å². The van der Waals surface area contributed by atoms with E-state index < -0.39 is 0 Å². The number of ether oxygens (including phenoxy) is 1. The van der Waals surface area contributed by atoms with Crippen LogP contribution in [0.25, 0.3) is 0 Å². The maximum atomic E-state index is 11.6. The molecule has 1 rings (SSSR count). The van der Waals surface area contributed by atoms with Gasteiger partial charge in [-0.15, -0.1) is 9.12 Å². The van der Waals surface area contributed by atoms with Gasteiger partial charge in [0, 0.05) is 13.0 Å². The van der Waals surface area contributed by atoms with Crippen molar-refractivity contribution in [2.45, 2.75) is 44.8 Å². The van der Waals surface area contributed by atoms with Crippen molar-refractivity contribution in [3.05, 3.63) is 12.2 Å². The highest BCUT2D eigenvalue weighted by Crippen LogP contribution is 2.28. The summed E-state index contributed by atoms with van der Waals surface area (Å²) in [6.07, 6.45) is 3.06. The van der Waals surface area contributed by atoms with E-state index in [1.165, 1.54) is 17.3 Å². The van der Waals surface area contributed by atoms with Gasteiger partial charge in [-0.05, 0) is 25.0 Å². The van der Waals surface area contributed by atoms with Crippen LogP contribution < -0.4 is 0 Å². The Bertz CT molecular complexity index is 315. The van der Waals surface area contributed by atoms with E-state index in [-0.39, 0.29) is 23.2 Å². The molecule has 0 aliphatic carbocycles. The van der Waals surface area contributed by atoms with E-state index in [1.807, 2.05) is 6.92 Å². The van der Waals surface area contributed by atoms with Crippen LogP contribution >= 0.6 is 33.4 Å². The number of hydrogen-bond acceptors (Lipinski definition) is 5. The first-order valence-corrected chi connectivity index (χ1v) is 8.71. The lowest BCUT2D eigenvalue weighted by Crippen LogP contribution is -2.31. The van der Waals surface area contributed by atoms with Crippen LogP contribution in [-0.2, 0) is 14.2 Å². The fourth-order valence-electron chi connectivity index (χ4n) is 2.11. The number of carbonyl (C=O) groups is 1. The van der Waals surface area contributed by atoms with E-state index in [0.29, 0.717) is 13.0 Å². The highest BCUT2D eigenvalue weighted by molar-refractivity contribution is 8.23. The monoisotopic (exact) mass is 320 g/mol. The Hall–Kier alpha value is 0.525. The molecule has 1 aliphatic rings. The second-order valence-electron chi connectivity index (χ2n) is 4.60. The van der Waals surface area contributed by atoms with E-state index in [0.717, 1.165) is 25.0 Å². The maximum Gasteiger partial charge on any atom is 0.380 e. The van der Waals surface area contributed by atoms with Gasteiger partial charge in [-0.2, -0.15) is 12.5 Å². The van der Waals surface area contributed by atoms with Crippen LogP contribution in [0, 0.1) is 0 Å². The number of rotatable bonds is 7. The van der Waals surface area contributed by atoms with Gasteiger partial charge >= 0.3 is 5.91 Å². The Labute approximate surface area is 128 Å². The van der Waals surface area contributed by atoms with Gasteiger partial charge in [-0.25, -0.2) is 0 Å². The Kier molecular flexibility index (Phi) is 8.75. The molecule has 1 fully saturated rings. The van der Waals surface area contributed by atoms with E-state index in [4.69, 9.17) is 9.39 Å². The molecule has 0 N–H and O–H groups in total. The first kappa shape index (κ1) is 17.6. The average molecular weight is 320 g/mol. The Balaban J connectivity index is 2.35. The van der Waals surface area contributed by atoms with Gasteiger partial charge in [0.15, 0.2) is 5.12 Å². The van der Waals surface area contributed by atoms with Gasteiger partial charge in [-0.1, -0.05) is 30.8 Å². The van der Waals surface area contributed by atoms with Crippen LogP contribution in [0.3, 0.4) is 0 Å². The molecule has 1 saturated heterocycles. The summed E-state index contributed by atoms with van der Waals surface area (Å²) in [7, 11) is 2.48. The fourth-order valence-corrected chi connectivity index (χ4v) is 2.98. The summed E-state index contributed by atoms with van der Waals surface area (Å²) in [6.45, 7) is 6.65. The molecule has 0 spiro atoms. The van der Waals surface area contributed by atoms with E-state index in [2.05, 4.69) is 28.2 Å². The number of thioether (sulfide) groups is 1. The topological polar surface area (TPSA) is 35.5 Å². The van der Waals surface area contributed by atoms with Gasteiger partial charge in [0.2, 0.25) is 0 Å². The first-order valence-electron chi connectivity index (χ1n) is 6.54. The quantitative estimate of drug-likeness (QED) is 0.339. The van der Waals surface area contributed by atoms with Crippen LogP contribution in [0.2, 0.25) is 0 Å². The lowest BCUT2D eigenvalue weighted by molar-refractivity contribution is -0.116. The van der Waals surface area contributed by atoms with Crippen LogP contribution in [-0.4, -0.2) is 35.6 Å². The molecule has 0 aromatic rings. The molecule has 3 nitrogen and oxygen atoms in total. The van der Waals surface area contributed by atoms with Crippen molar-refractivity contribution < 1.29 is 14.2 Å². The SMILES string of the molecule is C=C1C[C@H](CC(=O)SCC)O[C@@H](CCOB(P)S)C1. The summed E-state index contributed by atoms with van der Waals surface area (Å²) >= 11 is 5.50. The highest BCUT2D eigenvalue weighted by Gasteiger charge is 2.26. The third-order valence-electron chi connectivity index (χ3n) is 2.85. The molecule has 1 heterocycles. The van der Waals surface area contributed by atoms with Crippen molar-refractivity contribution in [2.75, 3.05) is 12.4 Å². The lowest BCUT2D eigenvalue weighted by atomic mass is 9.96. The molecule has 0 amide bonds. The molecule has 0 saturated carbocycles. The summed E-state index contributed by atoms with van der Waals surface area (Å²) in [5, 5.41) is 0.206. The van der Waals surface area contributed by atoms with Crippen molar-refractivity contribution in [3.63, 3.8) is 0 Å². The van der Waals surface area contributed by atoms with Gasteiger partial charge in [0.1, 0.15) is 0 Å². The highest BCUT2D eigenvalue weighted by atomic mass is 32.2. The average Bonchev–Trinajstić information content (AvgIpc) is 2.27. The molecular formula is C12H22BO3PS2. The van der Waals surface area contributed by atoms with Gasteiger partial charge in [0.25, 0.3) is 0 Å². The van der Waals surface area contributed by atoms with Crippen molar-refractivity contribution in [2.24, 2.45) is 0 Å². The van der Waals surface area contributed by atoms with Crippen molar-refractivity contribution in [1.82, 2.24) is 0 Å². The molecular weight excluding hydrogens is 298 g/mol. The van der Waals surface area contributed by atoms with E-state index >= 15 is 0 Å². The van der Waals surface area contributed by atoms with Crippen LogP contribution in [0.5, 0.6) is 0 Å². The molecule has 1 aliphatic heterocycles. The minimum atomic E-state index is -0.134. The summed E-state index contributed by atoms with van der Waals surface area (Å²) in [6, 6.07) is 0. The normalized spacial score (nSPS) is 23.4. The van der Waals surface area contributed by atoms with Crippen LogP contribution in [0.1, 0.15) is 32.6 Å². The largest absolute Gasteiger partial charge is 0.422 e. The Morgan fingerprint density at radius 1 is 1.63 bits per heavy atom. The Morgan fingerprint density at radius 2 is 2.32 bits per heavy atom. The molecule has 0 aromatic heterocycles. The molecule has 0 aromatic carbocycles. The van der Waals surface area contributed by atoms with E-state index in [1.54, 1.807) is 0 Å². The number of carbonyl (C=O) groups excluding carboxylic acids is 1. The molecule has 108 valence electrons. The molecule has 0 bridgehead atoms. The summed E-state index contributed by atoms with van der Waals surface area (Å²) in [5.74, 6) is 0.687. The molecule has 0 radical (unpaired) electrons. The standard InChI is InChI=1S/C12H22BO3PS2/c1-3-19-12(14)8-11-7-9(2)6-10(16-11)4-5-15-13(17)18/h10-11,18H,2-8,17H2,1H3/t10-,11+/m0/s1. The zero-order chi connectivity index (χ0) is 14.3. The van der Waals surface area contributed by atoms with Crippen molar-refractivity contribution in [1.29, 1.82) is 0 Å². The molecule has 7 heteroatoms. The molecule has 3 atom stereocenters. The van der Waals surface area contributed by atoms with Gasteiger partial charge in [0.05, 0.1) is 12.2 Å². The summed E-state index contributed by atoms with van der Waals surface area (Å²) in [5.41, 5.74) is 1.17. The second kappa shape index (κ2) is 9.46. The van der Waals surface area contributed by atoms with Crippen molar-refractivity contribution in [3.8, 4) is 0 Å². The first-order chi connectivity index (χ1) is 9.01. The third-order valence-corrected chi connectivity index (χ3v) is 3.96. The second-order valence-corrected chi connectivity index (χ2v) is 7.59. The number of thiol groups is 1. The molecule has 19 heavy (non-hydrogen) atoms. The fraction of sp³-hybridized carbons (Fsp3) is 0.750. The predicted molar refractivity (Wildman–Crippen MR) is 89.8 cm³/mol. The Morgan fingerprint density at radius 3 is 2.95 bits per heavy atom. The summed E-state index contributed by atoms with van der Waals surface area (Å²) in [4.78, 5) is 11.6. The minimum Gasteiger partial charge on any atom is -0.422 e. The predicted octanol–water partition coefficient (Wildman–Crippen LogP) is 2.96. The lowest BCUT2D eigenvalue weighted by Gasteiger charge is -2.31. The number of hydrogen-bond donors (Lipinski definition) is 1. The van der Waals surface area contributed by atoms with Crippen molar-refractivity contribution >= 4 is 44.4 Å². The minimum absolute atomic E-state index is 0.0133. The smallest absolute Gasteiger partial charge is 0.380 e. The van der Waals surface area contributed by atoms with Crippen LogP contribution in [0.15, 0.2) is 12.2 Å². The zero-order valence-corrected chi connectivity index (χ0v) is 14.2. The summed E-state index contributed by atoms with van der Waals surface area (Å²) < 4.78 is 11.3. The van der Waals surface area contributed by atoms with E-state index in [9.17, 15) is 4.79 Å². The molecule has 1 unspecified atom stereocenters. The zero-order valence-electron chi connectivity index (χ0n) is 11.3. The van der Waals surface area contributed by atoms with Crippen LogP contribution in [0.4, 0.5) is 0 Å². The van der Waals surface area contributed by atoms with Gasteiger partial charge < -0.3 is 9.39 Å².